The molecular formula is C16H21FN2O3. The number of carbonyl (C=O) groups excluding carboxylic acids is 2. The monoisotopic (exact) mass is 308 g/mol. The summed E-state index contributed by atoms with van der Waals surface area (Å²) in [5, 5.41) is 2.85. The lowest BCUT2D eigenvalue weighted by molar-refractivity contribution is -0.127. The average Bonchev–Trinajstić information content (AvgIpc) is 2.84. The zero-order valence-corrected chi connectivity index (χ0v) is 12.7. The van der Waals surface area contributed by atoms with Crippen molar-refractivity contribution in [2.75, 3.05) is 26.8 Å². The molecule has 1 unspecified atom stereocenters. The Kier molecular flexibility index (Phi) is 5.89. The number of ether oxygens (including phenoxy) is 1. The molecule has 0 aliphatic carbocycles. The summed E-state index contributed by atoms with van der Waals surface area (Å²) < 4.78 is 17.7. The van der Waals surface area contributed by atoms with Crippen molar-refractivity contribution >= 4 is 11.8 Å². The van der Waals surface area contributed by atoms with Crippen LogP contribution in [0.15, 0.2) is 24.3 Å². The highest BCUT2D eigenvalue weighted by Gasteiger charge is 2.29. The lowest BCUT2D eigenvalue weighted by Crippen LogP contribution is -2.37. The summed E-state index contributed by atoms with van der Waals surface area (Å²) in [6.07, 6.45) is 1.31. The third-order valence-corrected chi connectivity index (χ3v) is 3.70. The summed E-state index contributed by atoms with van der Waals surface area (Å²) >= 11 is 0. The van der Waals surface area contributed by atoms with Crippen molar-refractivity contribution in [1.29, 1.82) is 0 Å². The molecule has 1 aliphatic heterocycles. The van der Waals surface area contributed by atoms with Crippen LogP contribution in [0.3, 0.4) is 0 Å². The number of likely N-dealkylation sites (tertiary alicyclic amines) is 1. The van der Waals surface area contributed by atoms with Gasteiger partial charge in [0.15, 0.2) is 0 Å². The van der Waals surface area contributed by atoms with E-state index in [0.29, 0.717) is 39.0 Å². The van der Waals surface area contributed by atoms with Crippen LogP contribution < -0.4 is 5.32 Å². The Balaban J connectivity index is 1.77. The molecule has 1 N–H and O–H groups in total. The van der Waals surface area contributed by atoms with E-state index in [1.165, 1.54) is 12.1 Å². The fourth-order valence-electron chi connectivity index (χ4n) is 2.49. The number of nitrogens with zero attached hydrogens (tertiary/aromatic N) is 1. The van der Waals surface area contributed by atoms with Gasteiger partial charge < -0.3 is 15.0 Å². The summed E-state index contributed by atoms with van der Waals surface area (Å²) in [6.45, 7) is 1.48. The maximum absolute atomic E-state index is 12.8. The molecule has 1 aliphatic rings. The maximum atomic E-state index is 12.8. The normalized spacial score (nSPS) is 17.8. The molecule has 120 valence electrons. The molecule has 0 spiro atoms. The molecule has 22 heavy (non-hydrogen) atoms. The molecule has 0 saturated carbocycles. The Labute approximate surface area is 129 Å². The number of methoxy groups -OCH3 is 1. The molecule has 1 atom stereocenters. The SMILES string of the molecule is COCCC(=O)NC1CC(=O)N(CCc2ccc(F)cc2)C1. The van der Waals surface area contributed by atoms with Crippen LogP contribution in [0.4, 0.5) is 4.39 Å². The molecule has 1 heterocycles. The molecule has 1 saturated heterocycles. The third-order valence-electron chi connectivity index (χ3n) is 3.70. The zero-order valence-electron chi connectivity index (χ0n) is 12.7. The summed E-state index contributed by atoms with van der Waals surface area (Å²) in [5.41, 5.74) is 0.988. The van der Waals surface area contributed by atoms with Crippen molar-refractivity contribution < 1.29 is 18.7 Å². The van der Waals surface area contributed by atoms with Crippen molar-refractivity contribution in [1.82, 2.24) is 10.2 Å². The van der Waals surface area contributed by atoms with Crippen LogP contribution in [0.5, 0.6) is 0 Å². The number of rotatable bonds is 7. The van der Waals surface area contributed by atoms with Crippen LogP contribution in [0.1, 0.15) is 18.4 Å². The molecule has 0 aromatic heterocycles. The van der Waals surface area contributed by atoms with E-state index in [1.54, 1.807) is 24.1 Å². The summed E-state index contributed by atoms with van der Waals surface area (Å²) in [6, 6.07) is 6.14. The predicted molar refractivity (Wildman–Crippen MR) is 79.7 cm³/mol. The minimum atomic E-state index is -0.264. The molecule has 0 radical (unpaired) electrons. The van der Waals surface area contributed by atoms with Crippen LogP contribution >= 0.6 is 0 Å². The van der Waals surface area contributed by atoms with Gasteiger partial charge in [0.1, 0.15) is 5.82 Å². The van der Waals surface area contributed by atoms with Gasteiger partial charge >= 0.3 is 0 Å². The summed E-state index contributed by atoms with van der Waals surface area (Å²) in [4.78, 5) is 25.3. The van der Waals surface area contributed by atoms with Crippen molar-refractivity contribution in [3.8, 4) is 0 Å². The fraction of sp³-hybridized carbons (Fsp3) is 0.500. The molecular weight excluding hydrogens is 287 g/mol. The molecule has 5 nitrogen and oxygen atoms in total. The number of carbonyl (C=O) groups is 2. The van der Waals surface area contributed by atoms with E-state index in [1.807, 2.05) is 0 Å². The Morgan fingerprint density at radius 2 is 2.14 bits per heavy atom. The van der Waals surface area contributed by atoms with Gasteiger partial charge in [0.2, 0.25) is 11.8 Å². The molecule has 1 aromatic rings. The van der Waals surface area contributed by atoms with Gasteiger partial charge in [-0.05, 0) is 24.1 Å². The Morgan fingerprint density at radius 3 is 2.82 bits per heavy atom. The number of benzene rings is 1. The first-order valence-corrected chi connectivity index (χ1v) is 7.39. The molecule has 2 rings (SSSR count). The van der Waals surface area contributed by atoms with Gasteiger partial charge in [0.25, 0.3) is 0 Å². The Hall–Kier alpha value is -1.95. The third kappa shape index (κ3) is 4.80. The molecule has 1 fully saturated rings. The van der Waals surface area contributed by atoms with Gasteiger partial charge in [-0.1, -0.05) is 12.1 Å². The predicted octanol–water partition coefficient (Wildman–Crippen LogP) is 1.12. The first-order chi connectivity index (χ1) is 10.6. The van der Waals surface area contributed by atoms with Crippen LogP contribution in [0.2, 0.25) is 0 Å². The number of amides is 2. The zero-order chi connectivity index (χ0) is 15.9. The lowest BCUT2D eigenvalue weighted by atomic mass is 10.1. The molecule has 0 bridgehead atoms. The minimum Gasteiger partial charge on any atom is -0.384 e. The van der Waals surface area contributed by atoms with Gasteiger partial charge in [-0.25, -0.2) is 4.39 Å². The maximum Gasteiger partial charge on any atom is 0.224 e. The van der Waals surface area contributed by atoms with Crippen LogP contribution in [-0.4, -0.2) is 49.6 Å². The Bertz CT molecular complexity index is 519. The quantitative estimate of drug-likeness (QED) is 0.821. The highest BCUT2D eigenvalue weighted by Crippen LogP contribution is 2.13. The van der Waals surface area contributed by atoms with Crippen molar-refractivity contribution in [2.45, 2.75) is 25.3 Å². The van der Waals surface area contributed by atoms with Crippen molar-refractivity contribution in [3.63, 3.8) is 0 Å². The lowest BCUT2D eigenvalue weighted by Gasteiger charge is -2.17. The van der Waals surface area contributed by atoms with E-state index in [4.69, 9.17) is 4.74 Å². The molecule has 2 amide bonds. The van der Waals surface area contributed by atoms with Gasteiger partial charge in [-0.15, -0.1) is 0 Å². The second kappa shape index (κ2) is 7.89. The number of nitrogens with one attached hydrogen (secondary N) is 1. The smallest absolute Gasteiger partial charge is 0.224 e. The first-order valence-electron chi connectivity index (χ1n) is 7.39. The van der Waals surface area contributed by atoms with Crippen molar-refractivity contribution in [2.24, 2.45) is 0 Å². The van der Waals surface area contributed by atoms with E-state index in [0.717, 1.165) is 5.56 Å². The van der Waals surface area contributed by atoms with Gasteiger partial charge in [-0.3, -0.25) is 9.59 Å². The standard InChI is InChI=1S/C16H21FN2O3/c1-22-9-7-15(20)18-14-10-16(21)19(11-14)8-6-12-2-4-13(17)5-3-12/h2-5,14H,6-11H2,1H3,(H,18,20). The summed E-state index contributed by atoms with van der Waals surface area (Å²) in [7, 11) is 1.55. The number of hydrogen-bond donors (Lipinski definition) is 1. The summed E-state index contributed by atoms with van der Waals surface area (Å²) in [5.74, 6) is -0.320. The van der Waals surface area contributed by atoms with E-state index in [2.05, 4.69) is 5.32 Å². The van der Waals surface area contributed by atoms with Gasteiger partial charge in [0.05, 0.1) is 12.6 Å². The highest BCUT2D eigenvalue weighted by molar-refractivity contribution is 5.82. The minimum absolute atomic E-state index is 0.0409. The van der Waals surface area contributed by atoms with Crippen molar-refractivity contribution in [3.05, 3.63) is 35.6 Å². The van der Waals surface area contributed by atoms with Crippen LogP contribution in [0.25, 0.3) is 0 Å². The van der Waals surface area contributed by atoms with Gasteiger partial charge in [0, 0.05) is 33.0 Å². The Morgan fingerprint density at radius 1 is 1.41 bits per heavy atom. The van der Waals surface area contributed by atoms with E-state index < -0.39 is 0 Å². The second-order valence-electron chi connectivity index (χ2n) is 5.43. The number of halogens is 1. The average molecular weight is 308 g/mol. The topological polar surface area (TPSA) is 58.6 Å². The van der Waals surface area contributed by atoms with Crippen LogP contribution in [-0.2, 0) is 20.7 Å². The largest absolute Gasteiger partial charge is 0.384 e. The number of hydrogen-bond acceptors (Lipinski definition) is 3. The van der Waals surface area contributed by atoms with E-state index in [9.17, 15) is 14.0 Å². The second-order valence-corrected chi connectivity index (χ2v) is 5.43. The first kappa shape index (κ1) is 16.4. The van der Waals surface area contributed by atoms with Gasteiger partial charge in [-0.2, -0.15) is 0 Å². The fourth-order valence-corrected chi connectivity index (χ4v) is 2.49. The molecule has 6 heteroatoms. The van der Waals surface area contributed by atoms with Crippen LogP contribution in [0, 0.1) is 5.82 Å². The molecule has 1 aromatic carbocycles. The van der Waals surface area contributed by atoms with E-state index >= 15 is 0 Å². The highest BCUT2D eigenvalue weighted by atomic mass is 19.1. The van der Waals surface area contributed by atoms with E-state index in [-0.39, 0.29) is 23.7 Å².